The highest BCUT2D eigenvalue weighted by Gasteiger charge is 2.07. The number of amides is 1. The van der Waals surface area contributed by atoms with Crippen LogP contribution in [0, 0.1) is 5.92 Å². The zero-order valence-corrected chi connectivity index (χ0v) is 13.9. The van der Waals surface area contributed by atoms with Crippen LogP contribution in [0.3, 0.4) is 0 Å². The first-order chi connectivity index (χ1) is 11.1. The molecule has 2 aromatic heterocycles. The average molecular weight is 326 g/mol. The summed E-state index contributed by atoms with van der Waals surface area (Å²) in [6.07, 6.45) is 2.08. The molecule has 1 amide bonds. The maximum Gasteiger partial charge on any atom is 0.224 e. The van der Waals surface area contributed by atoms with Gasteiger partial charge in [0.05, 0.1) is 10.2 Å². The van der Waals surface area contributed by atoms with Gasteiger partial charge in [0, 0.05) is 17.8 Å². The molecule has 118 valence electrons. The summed E-state index contributed by atoms with van der Waals surface area (Å²) in [7, 11) is 0. The number of thiophene rings is 1. The highest BCUT2D eigenvalue weighted by molar-refractivity contribution is 7.17. The summed E-state index contributed by atoms with van der Waals surface area (Å²) in [5.74, 6) is 1.18. The Morgan fingerprint density at radius 2 is 1.87 bits per heavy atom. The number of rotatable bonds is 5. The van der Waals surface area contributed by atoms with Crippen molar-refractivity contribution in [3.05, 3.63) is 42.0 Å². The first kappa shape index (κ1) is 15.4. The van der Waals surface area contributed by atoms with Crippen molar-refractivity contribution in [1.29, 1.82) is 0 Å². The van der Waals surface area contributed by atoms with Gasteiger partial charge in [-0.25, -0.2) is 9.97 Å². The summed E-state index contributed by atoms with van der Waals surface area (Å²) in [6.45, 7) is 4.05. The van der Waals surface area contributed by atoms with Crippen molar-refractivity contribution in [3.63, 3.8) is 0 Å². The van der Waals surface area contributed by atoms with Crippen LogP contribution < -0.4 is 10.6 Å². The van der Waals surface area contributed by atoms with Gasteiger partial charge in [-0.05, 0) is 41.6 Å². The van der Waals surface area contributed by atoms with E-state index in [0.29, 0.717) is 12.3 Å². The molecule has 0 aliphatic heterocycles. The van der Waals surface area contributed by atoms with E-state index in [2.05, 4.69) is 20.6 Å². The van der Waals surface area contributed by atoms with Crippen LogP contribution >= 0.6 is 11.3 Å². The first-order valence-electron chi connectivity index (χ1n) is 7.47. The van der Waals surface area contributed by atoms with Crippen LogP contribution in [0.5, 0.6) is 0 Å². The van der Waals surface area contributed by atoms with E-state index in [9.17, 15) is 4.79 Å². The van der Waals surface area contributed by atoms with Crippen LogP contribution in [0.15, 0.2) is 42.0 Å². The van der Waals surface area contributed by atoms with Gasteiger partial charge in [-0.2, -0.15) is 0 Å². The first-order valence-corrected chi connectivity index (χ1v) is 8.35. The molecule has 2 N–H and O–H groups in total. The zero-order valence-electron chi connectivity index (χ0n) is 13.0. The van der Waals surface area contributed by atoms with E-state index in [4.69, 9.17) is 0 Å². The molecule has 3 aromatic rings. The second-order valence-corrected chi connectivity index (χ2v) is 6.62. The molecule has 2 heterocycles. The Hall–Kier alpha value is -2.47. The van der Waals surface area contributed by atoms with Crippen molar-refractivity contribution in [2.24, 2.45) is 5.92 Å². The van der Waals surface area contributed by atoms with E-state index in [0.717, 1.165) is 27.4 Å². The van der Waals surface area contributed by atoms with Crippen molar-refractivity contribution >= 4 is 44.7 Å². The molecule has 3 rings (SSSR count). The molecule has 0 atom stereocenters. The average Bonchev–Trinajstić information content (AvgIpc) is 2.98. The van der Waals surface area contributed by atoms with Crippen LogP contribution in [0.25, 0.3) is 10.2 Å². The molecule has 0 unspecified atom stereocenters. The molecular weight excluding hydrogens is 308 g/mol. The molecule has 0 saturated carbocycles. The largest absolute Gasteiger partial charge is 0.339 e. The standard InChI is InChI=1S/C17H18N4OS/c1-11(2)9-15(22)20-12-3-5-13(6-4-12)21-17-16-14(7-8-23-16)18-10-19-17/h3-8,10-11H,9H2,1-2H3,(H,20,22)(H,18,19,21). The summed E-state index contributed by atoms with van der Waals surface area (Å²) in [6, 6.07) is 9.58. The molecule has 0 fully saturated rings. The number of nitrogens with zero attached hydrogens (tertiary/aromatic N) is 2. The third-order valence-corrected chi connectivity index (χ3v) is 4.18. The van der Waals surface area contributed by atoms with Crippen LogP contribution in [-0.4, -0.2) is 15.9 Å². The van der Waals surface area contributed by atoms with Crippen LogP contribution in [0.4, 0.5) is 17.2 Å². The van der Waals surface area contributed by atoms with Crippen molar-refractivity contribution in [3.8, 4) is 0 Å². The maximum absolute atomic E-state index is 11.8. The second-order valence-electron chi connectivity index (χ2n) is 5.71. The van der Waals surface area contributed by atoms with Crippen molar-refractivity contribution < 1.29 is 4.79 Å². The number of fused-ring (bicyclic) bond motifs is 1. The summed E-state index contributed by atoms with van der Waals surface area (Å²) in [5, 5.41) is 8.19. The van der Waals surface area contributed by atoms with Crippen LogP contribution in [0.2, 0.25) is 0 Å². The van der Waals surface area contributed by atoms with E-state index in [1.165, 1.54) is 0 Å². The SMILES string of the molecule is CC(C)CC(=O)Nc1ccc(Nc2ncnc3ccsc23)cc1. The molecule has 0 aliphatic carbocycles. The lowest BCUT2D eigenvalue weighted by molar-refractivity contribution is -0.116. The van der Waals surface area contributed by atoms with Gasteiger partial charge in [-0.1, -0.05) is 13.8 Å². The van der Waals surface area contributed by atoms with E-state index in [-0.39, 0.29) is 5.91 Å². The number of nitrogens with one attached hydrogen (secondary N) is 2. The Bertz CT molecular complexity index is 811. The molecule has 5 nitrogen and oxygen atoms in total. The van der Waals surface area contributed by atoms with Gasteiger partial charge in [0.15, 0.2) is 5.82 Å². The molecule has 0 radical (unpaired) electrons. The molecule has 0 bridgehead atoms. The number of benzene rings is 1. The minimum Gasteiger partial charge on any atom is -0.339 e. The number of aromatic nitrogens is 2. The minimum atomic E-state index is 0.0387. The Balaban J connectivity index is 1.70. The fraction of sp³-hybridized carbons (Fsp3) is 0.235. The van der Waals surface area contributed by atoms with E-state index < -0.39 is 0 Å². The van der Waals surface area contributed by atoms with Gasteiger partial charge >= 0.3 is 0 Å². The summed E-state index contributed by atoms with van der Waals surface area (Å²) in [4.78, 5) is 20.3. The Morgan fingerprint density at radius 1 is 1.13 bits per heavy atom. The highest BCUT2D eigenvalue weighted by atomic mass is 32.1. The van der Waals surface area contributed by atoms with Gasteiger partial charge in [0.25, 0.3) is 0 Å². The zero-order chi connectivity index (χ0) is 16.2. The van der Waals surface area contributed by atoms with Gasteiger partial charge in [0.2, 0.25) is 5.91 Å². The smallest absolute Gasteiger partial charge is 0.224 e. The fourth-order valence-corrected chi connectivity index (χ4v) is 3.02. The predicted octanol–water partition coefficient (Wildman–Crippen LogP) is 4.42. The van der Waals surface area contributed by atoms with Crippen molar-refractivity contribution in [1.82, 2.24) is 9.97 Å². The van der Waals surface area contributed by atoms with Crippen molar-refractivity contribution in [2.75, 3.05) is 10.6 Å². The molecular formula is C17H18N4OS. The van der Waals surface area contributed by atoms with Gasteiger partial charge in [-0.15, -0.1) is 11.3 Å². The minimum absolute atomic E-state index is 0.0387. The van der Waals surface area contributed by atoms with Crippen LogP contribution in [0.1, 0.15) is 20.3 Å². The lowest BCUT2D eigenvalue weighted by Gasteiger charge is -2.09. The second kappa shape index (κ2) is 6.75. The Labute approximate surface area is 138 Å². The van der Waals surface area contributed by atoms with Crippen LogP contribution in [-0.2, 0) is 4.79 Å². The van der Waals surface area contributed by atoms with Crippen molar-refractivity contribution in [2.45, 2.75) is 20.3 Å². The summed E-state index contributed by atoms with van der Waals surface area (Å²) < 4.78 is 1.03. The van der Waals surface area contributed by atoms with Gasteiger partial charge in [-0.3, -0.25) is 4.79 Å². The number of hydrogen-bond acceptors (Lipinski definition) is 5. The maximum atomic E-state index is 11.8. The topological polar surface area (TPSA) is 66.9 Å². The fourth-order valence-electron chi connectivity index (χ4n) is 2.23. The lowest BCUT2D eigenvalue weighted by Crippen LogP contribution is -2.13. The molecule has 0 aliphatic rings. The third kappa shape index (κ3) is 3.84. The summed E-state index contributed by atoms with van der Waals surface area (Å²) >= 11 is 1.61. The quantitative estimate of drug-likeness (QED) is 0.728. The molecule has 23 heavy (non-hydrogen) atoms. The number of carbonyl (C=O) groups is 1. The van der Waals surface area contributed by atoms with Gasteiger partial charge in [0.1, 0.15) is 6.33 Å². The molecule has 1 aromatic carbocycles. The predicted molar refractivity (Wildman–Crippen MR) is 95.2 cm³/mol. The molecule has 6 heteroatoms. The number of hydrogen-bond donors (Lipinski definition) is 2. The molecule has 0 saturated heterocycles. The summed E-state index contributed by atoms with van der Waals surface area (Å²) in [5.41, 5.74) is 2.65. The van der Waals surface area contributed by atoms with Gasteiger partial charge < -0.3 is 10.6 Å². The van der Waals surface area contributed by atoms with E-state index >= 15 is 0 Å². The third-order valence-electron chi connectivity index (χ3n) is 3.27. The van der Waals surface area contributed by atoms with E-state index in [1.807, 2.05) is 49.6 Å². The van der Waals surface area contributed by atoms with E-state index in [1.54, 1.807) is 17.7 Å². The highest BCUT2D eigenvalue weighted by Crippen LogP contribution is 2.27. The molecule has 0 spiro atoms. The normalized spacial score (nSPS) is 10.9. The lowest BCUT2D eigenvalue weighted by atomic mass is 10.1. The Morgan fingerprint density at radius 3 is 2.61 bits per heavy atom. The Kier molecular flexibility index (Phi) is 4.52. The monoisotopic (exact) mass is 326 g/mol. The number of carbonyl (C=O) groups excluding carboxylic acids is 1. The number of anilines is 3.